The number of thioether (sulfide) groups is 2. The number of hydrogen-bond acceptors (Lipinski definition) is 3. The Kier molecular flexibility index (Phi) is 5.26. The highest BCUT2D eigenvalue weighted by molar-refractivity contribution is 8.14. The molecule has 66 valence electrons. The first-order chi connectivity index (χ1) is 4.92. The second kappa shape index (κ2) is 5.09. The van der Waals surface area contributed by atoms with Crippen LogP contribution in [0.3, 0.4) is 0 Å². The molecular formula is C8H16OS2. The Balaban J connectivity index is 3.22. The highest BCUT2D eigenvalue weighted by Crippen LogP contribution is 2.23. The third-order valence-corrected chi connectivity index (χ3v) is 3.27. The van der Waals surface area contributed by atoms with Gasteiger partial charge in [-0.25, -0.2) is 0 Å². The molecule has 0 saturated heterocycles. The number of rotatable bonds is 3. The topological polar surface area (TPSA) is 17.1 Å². The van der Waals surface area contributed by atoms with Crippen molar-refractivity contribution >= 4 is 28.6 Å². The molecule has 0 amide bonds. The lowest BCUT2D eigenvalue weighted by Crippen LogP contribution is -2.09. The maximum atomic E-state index is 10.5. The van der Waals surface area contributed by atoms with Gasteiger partial charge in [0.25, 0.3) is 0 Å². The molecular weight excluding hydrogens is 176 g/mol. The molecule has 0 atom stereocenters. The average molecular weight is 192 g/mol. The Morgan fingerprint density at radius 2 is 1.82 bits per heavy atom. The lowest BCUT2D eigenvalue weighted by Gasteiger charge is -2.16. The number of hydrogen-bond donors (Lipinski definition) is 0. The van der Waals surface area contributed by atoms with E-state index in [0.717, 1.165) is 11.5 Å². The molecule has 0 aliphatic heterocycles. The van der Waals surface area contributed by atoms with Gasteiger partial charge < -0.3 is 0 Å². The molecule has 0 saturated carbocycles. The summed E-state index contributed by atoms with van der Waals surface area (Å²) in [6.07, 6.45) is 0. The molecule has 0 radical (unpaired) electrons. The van der Waals surface area contributed by atoms with E-state index in [1.165, 1.54) is 11.8 Å². The summed E-state index contributed by atoms with van der Waals surface area (Å²) in [7, 11) is 0. The fraction of sp³-hybridized carbons (Fsp3) is 0.875. The molecule has 0 bridgehead atoms. The second-order valence-electron chi connectivity index (χ2n) is 3.30. The first-order valence-corrected chi connectivity index (χ1v) is 5.66. The lowest BCUT2D eigenvalue weighted by atomic mass is 10.3. The van der Waals surface area contributed by atoms with E-state index in [9.17, 15) is 4.79 Å². The van der Waals surface area contributed by atoms with E-state index in [0.29, 0.717) is 4.75 Å². The van der Waals surface area contributed by atoms with Gasteiger partial charge in [-0.2, -0.15) is 11.8 Å². The smallest absolute Gasteiger partial charge is 0.185 e. The van der Waals surface area contributed by atoms with E-state index < -0.39 is 0 Å². The number of carbonyl (C=O) groups excluding carboxylic acids is 1. The van der Waals surface area contributed by atoms with E-state index in [1.54, 1.807) is 6.92 Å². The molecule has 0 aromatic rings. The fourth-order valence-corrected chi connectivity index (χ4v) is 2.10. The van der Waals surface area contributed by atoms with Crippen LogP contribution in [0.1, 0.15) is 27.7 Å². The third kappa shape index (κ3) is 10.4. The van der Waals surface area contributed by atoms with Crippen molar-refractivity contribution in [2.75, 3.05) is 11.5 Å². The van der Waals surface area contributed by atoms with E-state index in [4.69, 9.17) is 0 Å². The summed E-state index contributed by atoms with van der Waals surface area (Å²) in [4.78, 5) is 10.5. The lowest BCUT2D eigenvalue weighted by molar-refractivity contribution is -0.109. The molecule has 0 heterocycles. The second-order valence-corrected chi connectivity index (χ2v) is 6.49. The van der Waals surface area contributed by atoms with Crippen LogP contribution in [-0.2, 0) is 4.79 Å². The summed E-state index contributed by atoms with van der Waals surface area (Å²) < 4.78 is 0.331. The zero-order valence-electron chi connectivity index (χ0n) is 7.64. The van der Waals surface area contributed by atoms with Gasteiger partial charge in [0.05, 0.1) is 0 Å². The van der Waals surface area contributed by atoms with Gasteiger partial charge in [0.15, 0.2) is 5.12 Å². The molecule has 0 unspecified atom stereocenters. The predicted octanol–water partition coefficient (Wildman–Crippen LogP) is 2.80. The predicted molar refractivity (Wildman–Crippen MR) is 55.4 cm³/mol. The highest BCUT2D eigenvalue weighted by Gasteiger charge is 2.09. The fourth-order valence-electron chi connectivity index (χ4n) is 0.533. The Morgan fingerprint density at radius 3 is 2.18 bits per heavy atom. The SMILES string of the molecule is CC(=O)SCCSC(C)(C)C. The molecule has 1 nitrogen and oxygen atoms in total. The first kappa shape index (κ1) is 11.4. The first-order valence-electron chi connectivity index (χ1n) is 3.69. The maximum absolute atomic E-state index is 10.5. The van der Waals surface area contributed by atoms with Gasteiger partial charge in [-0.1, -0.05) is 32.5 Å². The van der Waals surface area contributed by atoms with Crippen LogP contribution in [-0.4, -0.2) is 21.4 Å². The van der Waals surface area contributed by atoms with Crippen LogP contribution in [0.5, 0.6) is 0 Å². The van der Waals surface area contributed by atoms with Crippen LogP contribution in [0.4, 0.5) is 0 Å². The summed E-state index contributed by atoms with van der Waals surface area (Å²) in [6.45, 7) is 8.19. The van der Waals surface area contributed by atoms with Crippen LogP contribution in [0, 0.1) is 0 Å². The Hall–Kier alpha value is 0.370. The summed E-state index contributed by atoms with van der Waals surface area (Å²) in [5.74, 6) is 2.00. The van der Waals surface area contributed by atoms with Gasteiger partial charge in [0.1, 0.15) is 0 Å². The van der Waals surface area contributed by atoms with Crippen LogP contribution < -0.4 is 0 Å². The van der Waals surface area contributed by atoms with Crippen molar-refractivity contribution in [2.24, 2.45) is 0 Å². The Morgan fingerprint density at radius 1 is 1.27 bits per heavy atom. The molecule has 0 N–H and O–H groups in total. The van der Waals surface area contributed by atoms with E-state index in [2.05, 4.69) is 20.8 Å². The Bertz CT molecular complexity index is 127. The van der Waals surface area contributed by atoms with Gasteiger partial charge in [0, 0.05) is 23.2 Å². The molecule has 3 heteroatoms. The minimum atomic E-state index is 0.222. The van der Waals surface area contributed by atoms with Crippen molar-refractivity contribution < 1.29 is 4.79 Å². The Labute approximate surface area is 77.7 Å². The van der Waals surface area contributed by atoms with Crippen molar-refractivity contribution in [2.45, 2.75) is 32.4 Å². The van der Waals surface area contributed by atoms with Gasteiger partial charge in [-0.3, -0.25) is 4.79 Å². The standard InChI is InChI=1S/C8H16OS2/c1-7(9)10-5-6-11-8(2,3)4/h5-6H2,1-4H3. The summed E-state index contributed by atoms with van der Waals surface area (Å²) in [5.41, 5.74) is 0. The summed E-state index contributed by atoms with van der Waals surface area (Å²) in [5, 5.41) is 0.222. The number of carbonyl (C=O) groups is 1. The normalized spacial score (nSPS) is 11.6. The molecule has 0 aromatic heterocycles. The van der Waals surface area contributed by atoms with Crippen LogP contribution in [0.2, 0.25) is 0 Å². The minimum Gasteiger partial charge on any atom is -0.288 e. The highest BCUT2D eigenvalue weighted by atomic mass is 32.2. The third-order valence-electron chi connectivity index (χ3n) is 0.924. The summed E-state index contributed by atoms with van der Waals surface area (Å²) >= 11 is 3.31. The van der Waals surface area contributed by atoms with E-state index >= 15 is 0 Å². The van der Waals surface area contributed by atoms with Gasteiger partial charge in [-0.05, 0) is 0 Å². The monoisotopic (exact) mass is 192 g/mol. The molecule has 0 aliphatic rings. The maximum Gasteiger partial charge on any atom is 0.185 e. The zero-order chi connectivity index (χ0) is 8.91. The molecule has 0 aliphatic carbocycles. The van der Waals surface area contributed by atoms with Gasteiger partial charge in [-0.15, -0.1) is 0 Å². The largest absolute Gasteiger partial charge is 0.288 e. The minimum absolute atomic E-state index is 0.222. The van der Waals surface area contributed by atoms with Gasteiger partial charge in [0.2, 0.25) is 0 Å². The van der Waals surface area contributed by atoms with Crippen molar-refractivity contribution in [3.8, 4) is 0 Å². The molecule has 11 heavy (non-hydrogen) atoms. The zero-order valence-corrected chi connectivity index (χ0v) is 9.27. The van der Waals surface area contributed by atoms with E-state index in [1.807, 2.05) is 11.8 Å². The molecule has 0 aromatic carbocycles. The average Bonchev–Trinajstić information content (AvgIpc) is 1.78. The van der Waals surface area contributed by atoms with Crippen molar-refractivity contribution in [1.82, 2.24) is 0 Å². The summed E-state index contributed by atoms with van der Waals surface area (Å²) in [6, 6.07) is 0. The van der Waals surface area contributed by atoms with Crippen molar-refractivity contribution in [3.63, 3.8) is 0 Å². The van der Waals surface area contributed by atoms with Gasteiger partial charge >= 0.3 is 0 Å². The van der Waals surface area contributed by atoms with E-state index in [-0.39, 0.29) is 5.12 Å². The van der Waals surface area contributed by atoms with Crippen LogP contribution in [0.15, 0.2) is 0 Å². The molecule has 0 fully saturated rings. The van der Waals surface area contributed by atoms with Crippen molar-refractivity contribution in [1.29, 1.82) is 0 Å². The van der Waals surface area contributed by atoms with Crippen LogP contribution in [0.25, 0.3) is 0 Å². The molecule has 0 spiro atoms. The van der Waals surface area contributed by atoms with Crippen molar-refractivity contribution in [3.05, 3.63) is 0 Å². The van der Waals surface area contributed by atoms with Crippen LogP contribution >= 0.6 is 23.5 Å². The molecule has 0 rings (SSSR count). The quantitative estimate of drug-likeness (QED) is 0.640.